The highest BCUT2D eigenvalue weighted by Crippen LogP contribution is 2.31. The van der Waals surface area contributed by atoms with Gasteiger partial charge in [0.05, 0.1) is 6.10 Å². The summed E-state index contributed by atoms with van der Waals surface area (Å²) in [6.07, 6.45) is -3.82. The van der Waals surface area contributed by atoms with E-state index in [-0.39, 0.29) is 11.8 Å². The van der Waals surface area contributed by atoms with Crippen LogP contribution < -0.4 is 4.90 Å². The van der Waals surface area contributed by atoms with Crippen LogP contribution in [-0.4, -0.2) is 44.1 Å². The van der Waals surface area contributed by atoms with Gasteiger partial charge in [-0.2, -0.15) is 17.7 Å². The lowest BCUT2D eigenvalue weighted by molar-refractivity contribution is -0.146. The second-order valence-electron chi connectivity index (χ2n) is 5.55. The molecule has 1 fully saturated rings. The van der Waals surface area contributed by atoms with E-state index in [2.05, 4.69) is 15.3 Å². The molecule has 0 unspecified atom stereocenters. The normalized spacial score (nSPS) is 17.5. The third-order valence-electron chi connectivity index (χ3n) is 4.09. The summed E-state index contributed by atoms with van der Waals surface area (Å²) in [5.41, 5.74) is 1.52. The lowest BCUT2D eigenvalue weighted by Crippen LogP contribution is -2.37. The number of aromatic nitrogens is 4. The maximum Gasteiger partial charge on any atom is 0.453 e. The van der Waals surface area contributed by atoms with Gasteiger partial charge in [0.1, 0.15) is 0 Å². The fourth-order valence-corrected chi connectivity index (χ4v) is 2.67. The van der Waals surface area contributed by atoms with E-state index in [1.54, 1.807) is 6.92 Å². The summed E-state index contributed by atoms with van der Waals surface area (Å²) in [7, 11) is 0. The van der Waals surface area contributed by atoms with E-state index in [1.807, 2.05) is 11.8 Å². The summed E-state index contributed by atoms with van der Waals surface area (Å²) in [5.74, 6) is -0.633. The van der Waals surface area contributed by atoms with Gasteiger partial charge in [0.2, 0.25) is 0 Å². The van der Waals surface area contributed by atoms with E-state index in [0.29, 0.717) is 37.3 Å². The van der Waals surface area contributed by atoms with Crippen molar-refractivity contribution in [3.05, 3.63) is 17.0 Å². The smallest absolute Gasteiger partial charge is 0.393 e. The van der Waals surface area contributed by atoms with Gasteiger partial charge in [-0.1, -0.05) is 0 Å². The fourth-order valence-electron chi connectivity index (χ4n) is 2.67. The number of aliphatic hydroxyl groups excluding tert-OH is 1. The van der Waals surface area contributed by atoms with Crippen molar-refractivity contribution in [2.24, 2.45) is 0 Å². The number of fused-ring (bicyclic) bond motifs is 1. The number of halogens is 3. The number of alkyl halides is 3. The van der Waals surface area contributed by atoms with Crippen LogP contribution in [0.1, 0.15) is 29.8 Å². The van der Waals surface area contributed by atoms with Crippen LogP contribution in [0.5, 0.6) is 0 Å². The third-order valence-corrected chi connectivity index (χ3v) is 4.09. The summed E-state index contributed by atoms with van der Waals surface area (Å²) in [6, 6.07) is 0. The molecule has 1 saturated heterocycles. The summed E-state index contributed by atoms with van der Waals surface area (Å²) in [6.45, 7) is 4.64. The Hall–Kier alpha value is -1.90. The maximum absolute atomic E-state index is 13.0. The van der Waals surface area contributed by atoms with Gasteiger partial charge in [-0.25, -0.2) is 0 Å². The molecule has 0 aromatic carbocycles. The van der Waals surface area contributed by atoms with Crippen molar-refractivity contribution >= 4 is 11.5 Å². The van der Waals surface area contributed by atoms with Gasteiger partial charge >= 0.3 is 6.18 Å². The van der Waals surface area contributed by atoms with Crippen molar-refractivity contribution in [2.45, 2.75) is 39.0 Å². The highest BCUT2D eigenvalue weighted by atomic mass is 19.4. The first kappa shape index (κ1) is 15.0. The predicted octanol–water partition coefficient (Wildman–Crippen LogP) is 1.72. The molecular formula is C13H16F3N5O. The van der Waals surface area contributed by atoms with Crippen LogP contribution in [0.3, 0.4) is 0 Å². The molecule has 3 rings (SSSR count). The summed E-state index contributed by atoms with van der Waals surface area (Å²) in [4.78, 5) is 1.90. The Labute approximate surface area is 124 Å². The van der Waals surface area contributed by atoms with Crippen LogP contribution in [0.2, 0.25) is 0 Å². The molecule has 6 nitrogen and oxygen atoms in total. The van der Waals surface area contributed by atoms with Crippen LogP contribution in [-0.2, 0) is 6.18 Å². The van der Waals surface area contributed by atoms with Crippen molar-refractivity contribution < 1.29 is 18.3 Å². The Balaban J connectivity index is 2.12. The molecule has 2 aromatic heterocycles. The van der Waals surface area contributed by atoms with Crippen LogP contribution in [0, 0.1) is 13.8 Å². The number of hydrogen-bond acceptors (Lipinski definition) is 5. The van der Waals surface area contributed by atoms with Crippen molar-refractivity contribution in [1.82, 2.24) is 19.8 Å². The highest BCUT2D eigenvalue weighted by Gasteiger charge is 2.38. The Morgan fingerprint density at radius 3 is 2.32 bits per heavy atom. The minimum atomic E-state index is -4.61. The van der Waals surface area contributed by atoms with Gasteiger partial charge < -0.3 is 10.0 Å². The number of piperidine rings is 1. The Kier molecular flexibility index (Phi) is 3.47. The SMILES string of the molecule is Cc1c(N2CCC(O)CC2)nn2c(C(F)(F)F)nnc2c1C. The van der Waals surface area contributed by atoms with Crippen molar-refractivity contribution in [3.8, 4) is 0 Å². The monoisotopic (exact) mass is 315 g/mol. The molecule has 2 aromatic rings. The minimum Gasteiger partial charge on any atom is -0.393 e. The summed E-state index contributed by atoms with van der Waals surface area (Å²) >= 11 is 0. The van der Waals surface area contributed by atoms with Crippen LogP contribution in [0.25, 0.3) is 5.65 Å². The minimum absolute atomic E-state index is 0.116. The molecule has 1 aliphatic rings. The molecule has 0 bridgehead atoms. The van der Waals surface area contributed by atoms with Gasteiger partial charge in [-0.05, 0) is 26.7 Å². The number of anilines is 1. The van der Waals surface area contributed by atoms with Gasteiger partial charge in [0, 0.05) is 24.2 Å². The lowest BCUT2D eigenvalue weighted by atomic mass is 10.1. The largest absolute Gasteiger partial charge is 0.453 e. The molecule has 0 aliphatic carbocycles. The Morgan fingerprint density at radius 1 is 1.09 bits per heavy atom. The maximum atomic E-state index is 13.0. The second kappa shape index (κ2) is 5.08. The topological polar surface area (TPSA) is 66.5 Å². The molecule has 0 atom stereocenters. The van der Waals surface area contributed by atoms with Gasteiger partial charge in [-0.3, -0.25) is 0 Å². The highest BCUT2D eigenvalue weighted by molar-refractivity contribution is 5.59. The summed E-state index contributed by atoms with van der Waals surface area (Å²) < 4.78 is 39.8. The van der Waals surface area contributed by atoms with E-state index in [9.17, 15) is 18.3 Å². The number of aryl methyl sites for hydroxylation is 1. The first-order valence-corrected chi connectivity index (χ1v) is 7.02. The van der Waals surface area contributed by atoms with Crippen molar-refractivity contribution in [3.63, 3.8) is 0 Å². The van der Waals surface area contributed by atoms with Crippen LogP contribution in [0.15, 0.2) is 0 Å². The molecule has 22 heavy (non-hydrogen) atoms. The molecular weight excluding hydrogens is 299 g/mol. The van der Waals surface area contributed by atoms with E-state index >= 15 is 0 Å². The molecule has 0 radical (unpaired) electrons. The van der Waals surface area contributed by atoms with E-state index in [1.165, 1.54) is 0 Å². The quantitative estimate of drug-likeness (QED) is 0.868. The van der Waals surface area contributed by atoms with Crippen molar-refractivity contribution in [2.75, 3.05) is 18.0 Å². The Morgan fingerprint density at radius 2 is 1.73 bits per heavy atom. The van der Waals surface area contributed by atoms with Crippen LogP contribution >= 0.6 is 0 Å². The zero-order valence-electron chi connectivity index (χ0n) is 12.2. The van der Waals surface area contributed by atoms with E-state index in [0.717, 1.165) is 10.1 Å². The molecule has 9 heteroatoms. The van der Waals surface area contributed by atoms with Crippen LogP contribution in [0.4, 0.5) is 19.0 Å². The number of aliphatic hydroxyl groups is 1. The zero-order chi connectivity index (χ0) is 16.1. The predicted molar refractivity (Wildman–Crippen MR) is 72.7 cm³/mol. The second-order valence-corrected chi connectivity index (χ2v) is 5.55. The Bertz CT molecular complexity index is 704. The molecule has 3 heterocycles. The van der Waals surface area contributed by atoms with E-state index < -0.39 is 12.0 Å². The lowest BCUT2D eigenvalue weighted by Gasteiger charge is -2.31. The number of nitrogens with zero attached hydrogens (tertiary/aromatic N) is 5. The molecule has 1 aliphatic heterocycles. The van der Waals surface area contributed by atoms with Crippen molar-refractivity contribution in [1.29, 1.82) is 0 Å². The average Bonchev–Trinajstić information content (AvgIpc) is 2.88. The van der Waals surface area contributed by atoms with Gasteiger partial charge in [0.25, 0.3) is 5.82 Å². The summed E-state index contributed by atoms with van der Waals surface area (Å²) in [5, 5.41) is 20.5. The number of hydrogen-bond donors (Lipinski definition) is 1. The third kappa shape index (κ3) is 2.39. The average molecular weight is 315 g/mol. The number of rotatable bonds is 1. The van der Waals surface area contributed by atoms with E-state index in [4.69, 9.17) is 0 Å². The molecule has 0 saturated carbocycles. The molecule has 120 valence electrons. The molecule has 1 N–H and O–H groups in total. The molecule has 0 amide bonds. The fraction of sp³-hybridized carbons (Fsp3) is 0.615. The first-order chi connectivity index (χ1) is 10.3. The van der Waals surface area contributed by atoms with Gasteiger partial charge in [-0.15, -0.1) is 15.3 Å². The zero-order valence-corrected chi connectivity index (χ0v) is 12.2. The molecule has 0 spiro atoms. The first-order valence-electron chi connectivity index (χ1n) is 7.02. The van der Waals surface area contributed by atoms with Gasteiger partial charge in [0.15, 0.2) is 11.5 Å². The standard InChI is InChI=1S/C13H16F3N5O/c1-7-8(2)11(20-5-3-9(22)4-6-20)19-21-10(7)17-18-12(21)13(14,15)16/h9,22H,3-6H2,1-2H3.